The summed E-state index contributed by atoms with van der Waals surface area (Å²) in [5.74, 6) is -0.182. The molecule has 1 heterocycles. The first-order valence-corrected chi connectivity index (χ1v) is 7.21. The Hall–Kier alpha value is -1.14. The molecule has 1 fully saturated rings. The van der Waals surface area contributed by atoms with Gasteiger partial charge < -0.3 is 20.7 Å². The van der Waals surface area contributed by atoms with E-state index in [1.54, 1.807) is 21.0 Å². The summed E-state index contributed by atoms with van der Waals surface area (Å²) in [6, 6.07) is 0. The third-order valence-corrected chi connectivity index (χ3v) is 3.60. The molecule has 116 valence electrons. The van der Waals surface area contributed by atoms with Crippen LogP contribution in [0.25, 0.3) is 0 Å². The Bertz CT molecular complexity index is 356. The summed E-state index contributed by atoms with van der Waals surface area (Å²) in [6.07, 6.45) is 2.50. The van der Waals surface area contributed by atoms with E-state index in [0.717, 1.165) is 12.8 Å². The topological polar surface area (TPSA) is 84.7 Å². The standard InChI is InChI=1S/C14H27N3O3/c1-5-8-14(2,15)13(19)16-9-10-6-7-11(20-10)12(18)17(3)4/h10-11H,5-9,15H2,1-4H3,(H,16,19). The fraction of sp³-hybridized carbons (Fsp3) is 0.857. The molecule has 0 aromatic carbocycles. The fourth-order valence-corrected chi connectivity index (χ4v) is 2.37. The molecule has 0 aromatic heterocycles. The van der Waals surface area contributed by atoms with Crippen LogP contribution in [0.3, 0.4) is 0 Å². The van der Waals surface area contributed by atoms with Crippen molar-refractivity contribution in [3.05, 3.63) is 0 Å². The number of carbonyl (C=O) groups is 2. The normalized spacial score (nSPS) is 25.1. The predicted octanol–water partition coefficient (Wildman–Crippen LogP) is 0.256. The molecule has 0 radical (unpaired) electrons. The van der Waals surface area contributed by atoms with Gasteiger partial charge >= 0.3 is 0 Å². The van der Waals surface area contributed by atoms with Crippen molar-refractivity contribution < 1.29 is 14.3 Å². The first-order valence-electron chi connectivity index (χ1n) is 7.21. The van der Waals surface area contributed by atoms with Crippen molar-refractivity contribution in [3.63, 3.8) is 0 Å². The molecule has 1 aliphatic heterocycles. The number of amides is 2. The van der Waals surface area contributed by atoms with Crippen LogP contribution >= 0.6 is 0 Å². The molecule has 0 aliphatic carbocycles. The summed E-state index contributed by atoms with van der Waals surface area (Å²) in [7, 11) is 3.43. The van der Waals surface area contributed by atoms with Gasteiger partial charge in [-0.25, -0.2) is 0 Å². The molecule has 3 unspecified atom stereocenters. The predicted molar refractivity (Wildman–Crippen MR) is 77.1 cm³/mol. The summed E-state index contributed by atoms with van der Waals surface area (Å²) in [5.41, 5.74) is 5.12. The van der Waals surface area contributed by atoms with Crippen LogP contribution in [0.2, 0.25) is 0 Å². The number of nitrogens with two attached hydrogens (primary N) is 1. The molecule has 20 heavy (non-hydrogen) atoms. The number of nitrogens with zero attached hydrogens (tertiary/aromatic N) is 1. The van der Waals surface area contributed by atoms with Crippen molar-refractivity contribution in [2.75, 3.05) is 20.6 Å². The fourth-order valence-electron chi connectivity index (χ4n) is 2.37. The molecule has 1 rings (SSSR count). The monoisotopic (exact) mass is 285 g/mol. The minimum absolute atomic E-state index is 0.0199. The van der Waals surface area contributed by atoms with Crippen molar-refractivity contribution in [1.29, 1.82) is 0 Å². The third-order valence-electron chi connectivity index (χ3n) is 3.60. The minimum atomic E-state index is -0.841. The van der Waals surface area contributed by atoms with E-state index in [1.807, 2.05) is 6.92 Å². The highest BCUT2D eigenvalue weighted by atomic mass is 16.5. The summed E-state index contributed by atoms with van der Waals surface area (Å²) in [4.78, 5) is 25.3. The number of likely N-dealkylation sites (N-methyl/N-ethyl adjacent to an activating group) is 1. The van der Waals surface area contributed by atoms with E-state index in [2.05, 4.69) is 5.32 Å². The Morgan fingerprint density at radius 3 is 2.60 bits per heavy atom. The first-order chi connectivity index (χ1) is 9.27. The molecule has 0 bridgehead atoms. The molecule has 3 atom stereocenters. The molecule has 0 spiro atoms. The van der Waals surface area contributed by atoms with Gasteiger partial charge in [-0.05, 0) is 26.2 Å². The van der Waals surface area contributed by atoms with Crippen molar-refractivity contribution in [1.82, 2.24) is 10.2 Å². The van der Waals surface area contributed by atoms with Crippen LogP contribution < -0.4 is 11.1 Å². The van der Waals surface area contributed by atoms with Crippen LogP contribution in [0, 0.1) is 0 Å². The van der Waals surface area contributed by atoms with Gasteiger partial charge in [0.15, 0.2) is 0 Å². The summed E-state index contributed by atoms with van der Waals surface area (Å²) in [6.45, 7) is 4.14. The van der Waals surface area contributed by atoms with Gasteiger partial charge in [0.1, 0.15) is 6.10 Å². The summed E-state index contributed by atoms with van der Waals surface area (Å²) >= 11 is 0. The molecule has 0 aromatic rings. The van der Waals surface area contributed by atoms with Crippen molar-refractivity contribution >= 4 is 11.8 Å². The second-order valence-electron chi connectivity index (χ2n) is 5.93. The first kappa shape index (κ1) is 16.9. The van der Waals surface area contributed by atoms with Crippen molar-refractivity contribution in [2.24, 2.45) is 5.73 Å². The van der Waals surface area contributed by atoms with E-state index in [1.165, 1.54) is 4.90 Å². The molecule has 2 amide bonds. The second kappa shape index (κ2) is 7.04. The van der Waals surface area contributed by atoms with E-state index in [4.69, 9.17) is 10.5 Å². The molecule has 1 saturated heterocycles. The lowest BCUT2D eigenvalue weighted by Gasteiger charge is -2.24. The molecule has 0 saturated carbocycles. The zero-order valence-corrected chi connectivity index (χ0v) is 12.9. The van der Waals surface area contributed by atoms with Gasteiger partial charge in [0.25, 0.3) is 5.91 Å². The Balaban J connectivity index is 2.38. The number of nitrogens with one attached hydrogen (secondary N) is 1. The van der Waals surface area contributed by atoms with Crippen molar-refractivity contribution in [3.8, 4) is 0 Å². The van der Waals surface area contributed by atoms with Crippen LogP contribution in [0.15, 0.2) is 0 Å². The van der Waals surface area contributed by atoms with Crippen LogP contribution in [0.5, 0.6) is 0 Å². The van der Waals surface area contributed by atoms with Gasteiger partial charge in [0.2, 0.25) is 5.91 Å². The van der Waals surface area contributed by atoms with Crippen LogP contribution in [0.1, 0.15) is 39.5 Å². The van der Waals surface area contributed by atoms with E-state index in [0.29, 0.717) is 19.4 Å². The quantitative estimate of drug-likeness (QED) is 0.733. The number of ether oxygens (including phenoxy) is 1. The lowest BCUT2D eigenvalue weighted by atomic mass is 9.96. The van der Waals surface area contributed by atoms with Gasteiger partial charge in [-0.15, -0.1) is 0 Å². The highest BCUT2D eigenvalue weighted by molar-refractivity contribution is 5.85. The molecule has 6 heteroatoms. The Labute approximate surface area is 121 Å². The Kier molecular flexibility index (Phi) is 5.95. The highest BCUT2D eigenvalue weighted by Crippen LogP contribution is 2.20. The maximum absolute atomic E-state index is 12.0. The maximum atomic E-state index is 12.0. The van der Waals surface area contributed by atoms with E-state index in [-0.39, 0.29) is 24.0 Å². The molecular formula is C14H27N3O3. The maximum Gasteiger partial charge on any atom is 0.251 e. The lowest BCUT2D eigenvalue weighted by Crippen LogP contribution is -2.52. The molecule has 3 N–H and O–H groups in total. The largest absolute Gasteiger partial charge is 0.363 e. The SMILES string of the molecule is CCCC(C)(N)C(=O)NCC1CCC(C(=O)N(C)C)O1. The smallest absolute Gasteiger partial charge is 0.251 e. The van der Waals surface area contributed by atoms with E-state index >= 15 is 0 Å². The molecular weight excluding hydrogens is 258 g/mol. The molecule has 1 aliphatic rings. The lowest BCUT2D eigenvalue weighted by molar-refractivity contribution is -0.140. The second-order valence-corrected chi connectivity index (χ2v) is 5.93. The number of carbonyl (C=O) groups excluding carboxylic acids is 2. The van der Waals surface area contributed by atoms with Crippen LogP contribution in [-0.2, 0) is 14.3 Å². The summed E-state index contributed by atoms with van der Waals surface area (Å²) < 4.78 is 5.66. The zero-order chi connectivity index (χ0) is 15.3. The van der Waals surface area contributed by atoms with Crippen molar-refractivity contribution in [2.45, 2.75) is 57.3 Å². The third kappa shape index (κ3) is 4.45. The number of hydrogen-bond acceptors (Lipinski definition) is 4. The van der Waals surface area contributed by atoms with Gasteiger partial charge in [-0.1, -0.05) is 13.3 Å². The average molecular weight is 285 g/mol. The van der Waals surface area contributed by atoms with E-state index in [9.17, 15) is 9.59 Å². The number of hydrogen-bond donors (Lipinski definition) is 2. The zero-order valence-electron chi connectivity index (χ0n) is 12.9. The Morgan fingerprint density at radius 1 is 1.40 bits per heavy atom. The summed E-state index contributed by atoms with van der Waals surface area (Å²) in [5, 5.41) is 2.82. The van der Waals surface area contributed by atoms with Gasteiger partial charge in [0.05, 0.1) is 11.6 Å². The number of rotatable bonds is 6. The van der Waals surface area contributed by atoms with Gasteiger partial charge in [0, 0.05) is 20.6 Å². The van der Waals surface area contributed by atoms with Gasteiger partial charge in [-0.2, -0.15) is 0 Å². The van der Waals surface area contributed by atoms with Crippen LogP contribution in [-0.4, -0.2) is 55.1 Å². The highest BCUT2D eigenvalue weighted by Gasteiger charge is 2.33. The average Bonchev–Trinajstić information content (AvgIpc) is 2.83. The minimum Gasteiger partial charge on any atom is -0.363 e. The Morgan fingerprint density at radius 2 is 2.05 bits per heavy atom. The molecule has 6 nitrogen and oxygen atoms in total. The van der Waals surface area contributed by atoms with Crippen LogP contribution in [0.4, 0.5) is 0 Å². The van der Waals surface area contributed by atoms with E-state index < -0.39 is 5.54 Å². The van der Waals surface area contributed by atoms with Gasteiger partial charge in [-0.3, -0.25) is 9.59 Å².